The van der Waals surface area contributed by atoms with Crippen LogP contribution in [0.1, 0.15) is 5.56 Å². The third kappa shape index (κ3) is 4.54. The van der Waals surface area contributed by atoms with Gasteiger partial charge in [0.15, 0.2) is 0 Å². The number of nitrogens with zero attached hydrogens (tertiary/aromatic N) is 3. The summed E-state index contributed by atoms with van der Waals surface area (Å²) >= 11 is 0. The van der Waals surface area contributed by atoms with Crippen molar-refractivity contribution in [1.29, 1.82) is 0 Å². The molecule has 0 bridgehead atoms. The molecule has 136 valence electrons. The molecule has 2 aromatic carbocycles. The molecule has 9 heteroatoms. The summed E-state index contributed by atoms with van der Waals surface area (Å²) in [4.78, 5) is 22.2. The van der Waals surface area contributed by atoms with Crippen molar-refractivity contribution in [3.05, 3.63) is 70.3 Å². The van der Waals surface area contributed by atoms with Gasteiger partial charge in [-0.3, -0.25) is 20.2 Å². The Labute approximate surface area is 153 Å². The van der Waals surface area contributed by atoms with Gasteiger partial charge >= 0.3 is 6.01 Å². The summed E-state index contributed by atoms with van der Waals surface area (Å²) in [7, 11) is 1.55. The van der Waals surface area contributed by atoms with Gasteiger partial charge in [-0.25, -0.2) is 0 Å². The Morgan fingerprint density at radius 1 is 1.22 bits per heavy atom. The van der Waals surface area contributed by atoms with Gasteiger partial charge in [0.2, 0.25) is 5.89 Å². The molecule has 0 atom stereocenters. The van der Waals surface area contributed by atoms with Gasteiger partial charge in [0.1, 0.15) is 5.75 Å². The van der Waals surface area contributed by atoms with Crippen molar-refractivity contribution in [3.63, 3.8) is 0 Å². The van der Waals surface area contributed by atoms with Gasteiger partial charge in [-0.15, -0.1) is 5.10 Å². The second-order valence-electron chi connectivity index (χ2n) is 5.32. The van der Waals surface area contributed by atoms with Gasteiger partial charge in [0.25, 0.3) is 11.6 Å². The number of benzene rings is 2. The summed E-state index contributed by atoms with van der Waals surface area (Å²) in [5, 5.41) is 20.8. The first kappa shape index (κ1) is 17.8. The molecule has 0 saturated heterocycles. The highest BCUT2D eigenvalue weighted by molar-refractivity contribution is 6.00. The van der Waals surface area contributed by atoms with Crippen LogP contribution >= 0.6 is 0 Å². The van der Waals surface area contributed by atoms with E-state index < -0.39 is 10.8 Å². The van der Waals surface area contributed by atoms with E-state index in [0.29, 0.717) is 16.9 Å². The molecule has 0 fully saturated rings. The second-order valence-corrected chi connectivity index (χ2v) is 5.32. The molecule has 9 nitrogen and oxygen atoms in total. The van der Waals surface area contributed by atoms with Gasteiger partial charge in [-0.1, -0.05) is 23.3 Å². The molecule has 1 heterocycles. The van der Waals surface area contributed by atoms with Gasteiger partial charge in [0, 0.05) is 23.8 Å². The quantitative estimate of drug-likeness (QED) is 0.403. The molecule has 0 aliphatic heterocycles. The fourth-order valence-corrected chi connectivity index (χ4v) is 2.21. The summed E-state index contributed by atoms with van der Waals surface area (Å²) < 4.78 is 10.5. The number of ether oxygens (including phenoxy) is 1. The van der Waals surface area contributed by atoms with Crippen molar-refractivity contribution in [1.82, 2.24) is 10.2 Å². The van der Waals surface area contributed by atoms with Crippen molar-refractivity contribution < 1.29 is 18.9 Å². The number of non-ortho nitro benzene ring substituents is 1. The van der Waals surface area contributed by atoms with E-state index in [1.54, 1.807) is 37.4 Å². The highest BCUT2D eigenvalue weighted by atomic mass is 16.6. The van der Waals surface area contributed by atoms with Crippen LogP contribution in [0.4, 0.5) is 11.7 Å². The average molecular weight is 366 g/mol. The zero-order chi connectivity index (χ0) is 19.2. The Bertz CT molecular complexity index is 1010. The molecule has 0 spiro atoms. The van der Waals surface area contributed by atoms with E-state index in [4.69, 9.17) is 9.15 Å². The Balaban J connectivity index is 1.67. The summed E-state index contributed by atoms with van der Waals surface area (Å²) in [6.45, 7) is 0. The van der Waals surface area contributed by atoms with E-state index in [2.05, 4.69) is 15.5 Å². The van der Waals surface area contributed by atoms with Crippen LogP contribution in [0.5, 0.6) is 5.75 Å². The van der Waals surface area contributed by atoms with Crippen LogP contribution in [-0.4, -0.2) is 28.1 Å². The minimum absolute atomic E-state index is 0.0580. The smallest absolute Gasteiger partial charge is 0.322 e. The number of hydrogen-bond donors (Lipinski definition) is 1. The summed E-state index contributed by atoms with van der Waals surface area (Å²) in [5.41, 5.74) is 1.11. The molecular formula is C18H14N4O5. The number of carbonyl (C=O) groups excluding carboxylic acids is 1. The number of nitro benzene ring substituents is 1. The zero-order valence-corrected chi connectivity index (χ0v) is 14.2. The first-order chi connectivity index (χ1) is 13.0. The van der Waals surface area contributed by atoms with E-state index in [1.807, 2.05) is 0 Å². The molecule has 0 saturated carbocycles. The van der Waals surface area contributed by atoms with Crippen molar-refractivity contribution in [3.8, 4) is 17.2 Å². The monoisotopic (exact) mass is 366 g/mol. The molecule has 27 heavy (non-hydrogen) atoms. The second kappa shape index (κ2) is 7.91. The van der Waals surface area contributed by atoms with Crippen LogP contribution in [0, 0.1) is 10.1 Å². The maximum atomic E-state index is 12.0. The summed E-state index contributed by atoms with van der Waals surface area (Å²) in [6, 6.07) is 12.9. The van der Waals surface area contributed by atoms with E-state index in [9.17, 15) is 14.9 Å². The van der Waals surface area contributed by atoms with E-state index in [-0.39, 0.29) is 17.6 Å². The number of nitrogens with one attached hydrogen (secondary N) is 1. The molecule has 1 aromatic heterocycles. The number of carbonyl (C=O) groups is 1. The third-order valence-electron chi connectivity index (χ3n) is 3.48. The molecule has 0 unspecified atom stereocenters. The SMILES string of the molecule is COc1cccc(-c2nnc(NC(=O)/C=C/c3cccc([N+](=O)[O-])c3)o2)c1. The van der Waals surface area contributed by atoms with Crippen LogP contribution < -0.4 is 10.1 Å². The van der Waals surface area contributed by atoms with Crippen molar-refractivity contribution in [2.45, 2.75) is 0 Å². The normalized spacial score (nSPS) is 10.7. The minimum atomic E-state index is -0.512. The number of aromatic nitrogens is 2. The molecule has 0 radical (unpaired) electrons. The first-order valence-electron chi connectivity index (χ1n) is 7.76. The van der Waals surface area contributed by atoms with Crippen LogP contribution in [0.15, 0.2) is 59.0 Å². The maximum Gasteiger partial charge on any atom is 0.322 e. The van der Waals surface area contributed by atoms with Crippen LogP contribution in [-0.2, 0) is 4.79 Å². The van der Waals surface area contributed by atoms with Crippen molar-refractivity contribution in [2.75, 3.05) is 12.4 Å². The lowest BCUT2D eigenvalue weighted by Gasteiger charge is -2.00. The minimum Gasteiger partial charge on any atom is -0.497 e. The average Bonchev–Trinajstić information content (AvgIpc) is 3.15. The van der Waals surface area contributed by atoms with Crippen LogP contribution in [0.2, 0.25) is 0 Å². The molecule has 0 aliphatic rings. The van der Waals surface area contributed by atoms with Gasteiger partial charge in [0.05, 0.1) is 12.0 Å². The van der Waals surface area contributed by atoms with Gasteiger partial charge in [-0.05, 0) is 29.8 Å². The fraction of sp³-hybridized carbons (Fsp3) is 0.0556. The van der Waals surface area contributed by atoms with E-state index in [0.717, 1.165) is 0 Å². The number of rotatable bonds is 6. The van der Waals surface area contributed by atoms with E-state index >= 15 is 0 Å². The highest BCUT2D eigenvalue weighted by Gasteiger charge is 2.11. The van der Waals surface area contributed by atoms with E-state index in [1.165, 1.54) is 30.4 Å². The predicted octanol–water partition coefficient (Wildman–Crippen LogP) is 3.31. The predicted molar refractivity (Wildman–Crippen MR) is 97.0 cm³/mol. The Hall–Kier alpha value is -4.01. The zero-order valence-electron chi connectivity index (χ0n) is 14.2. The van der Waals surface area contributed by atoms with Crippen LogP contribution in [0.3, 0.4) is 0 Å². The first-order valence-corrected chi connectivity index (χ1v) is 7.76. The van der Waals surface area contributed by atoms with Crippen molar-refractivity contribution >= 4 is 23.7 Å². The molecule has 3 aromatic rings. The molecular weight excluding hydrogens is 352 g/mol. The molecule has 1 amide bonds. The number of hydrogen-bond acceptors (Lipinski definition) is 7. The summed E-state index contributed by atoms with van der Waals surface area (Å²) in [6.07, 6.45) is 2.66. The van der Waals surface area contributed by atoms with Crippen molar-refractivity contribution in [2.24, 2.45) is 0 Å². The highest BCUT2D eigenvalue weighted by Crippen LogP contribution is 2.23. The third-order valence-corrected chi connectivity index (χ3v) is 3.48. The number of methoxy groups -OCH3 is 1. The molecule has 3 rings (SSSR count). The fourth-order valence-electron chi connectivity index (χ4n) is 2.21. The number of nitro groups is 1. The topological polar surface area (TPSA) is 120 Å². The lowest BCUT2D eigenvalue weighted by Crippen LogP contribution is -2.07. The lowest BCUT2D eigenvalue weighted by atomic mass is 10.2. The maximum absolute atomic E-state index is 12.0. The van der Waals surface area contributed by atoms with Gasteiger partial charge in [-0.2, -0.15) is 0 Å². The lowest BCUT2D eigenvalue weighted by molar-refractivity contribution is -0.384. The molecule has 0 aliphatic carbocycles. The number of amides is 1. The Morgan fingerprint density at radius 3 is 2.81 bits per heavy atom. The number of anilines is 1. The van der Waals surface area contributed by atoms with Gasteiger partial charge < -0.3 is 9.15 Å². The summed E-state index contributed by atoms with van der Waals surface area (Å²) in [5.74, 6) is 0.352. The van der Waals surface area contributed by atoms with Crippen LogP contribution in [0.25, 0.3) is 17.5 Å². The Kier molecular flexibility index (Phi) is 5.22. The largest absolute Gasteiger partial charge is 0.497 e. The Morgan fingerprint density at radius 2 is 2.04 bits per heavy atom. The molecule has 1 N–H and O–H groups in total. The standard InChI is InChI=1S/C18H14N4O5/c1-26-15-7-3-5-13(11-15)17-20-21-18(27-17)19-16(23)9-8-12-4-2-6-14(10-12)22(24)25/h2-11H,1H3,(H,19,21,23)/b9-8+.